The van der Waals surface area contributed by atoms with E-state index in [1.54, 1.807) is 13.0 Å². The molecule has 0 heterocycles. The molecule has 0 spiro atoms. The number of alkyl halides is 1. The van der Waals surface area contributed by atoms with Gasteiger partial charge in [0, 0.05) is 5.57 Å². The van der Waals surface area contributed by atoms with Crippen LogP contribution in [0.15, 0.2) is 22.8 Å². The highest BCUT2D eigenvalue weighted by molar-refractivity contribution is 6.41. The number of aliphatic hydroxyl groups is 2. The van der Waals surface area contributed by atoms with Gasteiger partial charge in [0.1, 0.15) is 12.2 Å². The predicted octanol–water partition coefficient (Wildman–Crippen LogP) is 0.941. The number of hydrogen-bond donors (Lipinski definition) is 2. The number of methoxy groups -OCH3 is 1. The number of aliphatic hydroxyl groups excluding tert-OH is 2. The van der Waals surface area contributed by atoms with Crippen molar-refractivity contribution in [3.8, 4) is 0 Å². The van der Waals surface area contributed by atoms with Crippen LogP contribution in [0.2, 0.25) is 0 Å². The maximum atomic E-state index is 11.6. The van der Waals surface area contributed by atoms with Crippen molar-refractivity contribution in [1.29, 1.82) is 0 Å². The van der Waals surface area contributed by atoms with E-state index in [4.69, 9.17) is 23.2 Å². The Morgan fingerprint density at radius 3 is 2.56 bits per heavy atom. The standard InChI is InChI=1S/C10H12Cl2O4/c1-3-4-5-6(11)7(13)8(14)10(5,12)9(15)16-2/h3-4,7-8,13-14H,1-2H3/b4-3+. The molecule has 3 unspecified atom stereocenters. The van der Waals surface area contributed by atoms with Crippen LogP contribution in [0.25, 0.3) is 0 Å². The van der Waals surface area contributed by atoms with E-state index in [0.29, 0.717) is 0 Å². The molecule has 6 heteroatoms. The molecule has 0 aromatic carbocycles. The maximum Gasteiger partial charge on any atom is 0.334 e. The molecule has 2 N–H and O–H groups in total. The molecule has 0 bridgehead atoms. The fourth-order valence-corrected chi connectivity index (χ4v) is 2.34. The van der Waals surface area contributed by atoms with Crippen LogP contribution >= 0.6 is 23.2 Å². The Labute approximate surface area is 103 Å². The number of ether oxygens (including phenoxy) is 1. The number of rotatable bonds is 2. The molecule has 0 saturated heterocycles. The van der Waals surface area contributed by atoms with Gasteiger partial charge in [0.25, 0.3) is 0 Å². The van der Waals surface area contributed by atoms with Crippen LogP contribution in [0, 0.1) is 0 Å². The van der Waals surface area contributed by atoms with Crippen molar-refractivity contribution >= 4 is 29.2 Å². The minimum Gasteiger partial charge on any atom is -0.467 e. The van der Waals surface area contributed by atoms with Crippen molar-refractivity contribution in [1.82, 2.24) is 0 Å². The summed E-state index contributed by atoms with van der Waals surface area (Å²) < 4.78 is 4.51. The summed E-state index contributed by atoms with van der Waals surface area (Å²) in [4.78, 5) is 9.72. The van der Waals surface area contributed by atoms with Crippen LogP contribution < -0.4 is 0 Å². The van der Waals surface area contributed by atoms with E-state index < -0.39 is 23.1 Å². The first-order valence-electron chi connectivity index (χ1n) is 4.57. The highest BCUT2D eigenvalue weighted by Crippen LogP contribution is 2.44. The van der Waals surface area contributed by atoms with Gasteiger partial charge in [-0.25, -0.2) is 4.79 Å². The van der Waals surface area contributed by atoms with Crippen molar-refractivity contribution in [2.45, 2.75) is 24.0 Å². The van der Waals surface area contributed by atoms with Crippen LogP contribution in [0.4, 0.5) is 0 Å². The first-order valence-corrected chi connectivity index (χ1v) is 5.33. The van der Waals surface area contributed by atoms with Gasteiger partial charge in [0.05, 0.1) is 12.1 Å². The van der Waals surface area contributed by atoms with Gasteiger partial charge in [-0.15, -0.1) is 0 Å². The molecule has 0 aromatic heterocycles. The fourth-order valence-electron chi connectivity index (χ4n) is 1.60. The average Bonchev–Trinajstić information content (AvgIpc) is 2.44. The lowest BCUT2D eigenvalue weighted by Gasteiger charge is -2.25. The molecule has 90 valence electrons. The third kappa shape index (κ3) is 1.76. The first-order chi connectivity index (χ1) is 7.41. The number of halogens is 2. The average molecular weight is 267 g/mol. The van der Waals surface area contributed by atoms with Gasteiger partial charge in [-0.2, -0.15) is 0 Å². The molecular formula is C10H12Cl2O4. The monoisotopic (exact) mass is 266 g/mol. The molecule has 0 amide bonds. The van der Waals surface area contributed by atoms with Crippen LogP contribution in [0.5, 0.6) is 0 Å². The van der Waals surface area contributed by atoms with Crippen molar-refractivity contribution in [2.24, 2.45) is 0 Å². The Bertz CT molecular complexity index is 364. The molecule has 0 fully saturated rings. The minimum atomic E-state index is -1.85. The molecule has 4 nitrogen and oxygen atoms in total. The molecule has 1 rings (SSSR count). The van der Waals surface area contributed by atoms with Crippen LogP contribution in [0.3, 0.4) is 0 Å². The molecule has 1 aliphatic rings. The van der Waals surface area contributed by atoms with Gasteiger partial charge in [-0.3, -0.25) is 0 Å². The summed E-state index contributed by atoms with van der Waals surface area (Å²) in [5.41, 5.74) is 0.158. The van der Waals surface area contributed by atoms with Gasteiger partial charge in [-0.1, -0.05) is 35.4 Å². The number of hydrogen-bond acceptors (Lipinski definition) is 4. The summed E-state index contributed by atoms with van der Waals surface area (Å²) >= 11 is 11.8. The lowest BCUT2D eigenvalue weighted by Crippen LogP contribution is -2.47. The highest BCUT2D eigenvalue weighted by atomic mass is 35.5. The molecule has 3 atom stereocenters. The smallest absolute Gasteiger partial charge is 0.334 e. The van der Waals surface area contributed by atoms with Gasteiger partial charge >= 0.3 is 5.97 Å². The number of esters is 1. The Kier molecular flexibility index (Phi) is 4.02. The summed E-state index contributed by atoms with van der Waals surface area (Å²) in [6.07, 6.45) is 0.151. The van der Waals surface area contributed by atoms with Gasteiger partial charge < -0.3 is 14.9 Å². The number of carbonyl (C=O) groups is 1. The Morgan fingerprint density at radius 2 is 2.12 bits per heavy atom. The van der Waals surface area contributed by atoms with E-state index in [1.165, 1.54) is 6.08 Å². The summed E-state index contributed by atoms with van der Waals surface area (Å²) in [5, 5.41) is 19.3. The second-order valence-electron chi connectivity index (χ2n) is 3.35. The maximum absolute atomic E-state index is 11.6. The SMILES string of the molecule is C/C=C/C1=C(Cl)C(O)C(O)C1(Cl)C(=O)OC. The van der Waals surface area contributed by atoms with E-state index in [9.17, 15) is 15.0 Å². The fraction of sp³-hybridized carbons (Fsp3) is 0.500. The van der Waals surface area contributed by atoms with E-state index in [0.717, 1.165) is 7.11 Å². The Balaban J connectivity index is 3.31. The number of allylic oxidation sites excluding steroid dienone is 2. The first kappa shape index (κ1) is 13.5. The van der Waals surface area contributed by atoms with E-state index in [2.05, 4.69) is 4.74 Å². The largest absolute Gasteiger partial charge is 0.467 e. The molecule has 1 aliphatic carbocycles. The van der Waals surface area contributed by atoms with E-state index in [1.807, 2.05) is 0 Å². The highest BCUT2D eigenvalue weighted by Gasteiger charge is 2.57. The topological polar surface area (TPSA) is 66.8 Å². The normalized spacial score (nSPS) is 34.9. The Hall–Kier alpha value is -0.550. The third-order valence-electron chi connectivity index (χ3n) is 2.43. The molecule has 0 aliphatic heterocycles. The van der Waals surface area contributed by atoms with Crippen molar-refractivity contribution in [3.05, 3.63) is 22.8 Å². The molecule has 0 radical (unpaired) electrons. The van der Waals surface area contributed by atoms with Crippen LogP contribution in [0.1, 0.15) is 6.92 Å². The van der Waals surface area contributed by atoms with Crippen molar-refractivity contribution < 1.29 is 19.7 Å². The summed E-state index contributed by atoms with van der Waals surface area (Å²) in [6, 6.07) is 0. The molecule has 0 aromatic rings. The van der Waals surface area contributed by atoms with E-state index >= 15 is 0 Å². The lowest BCUT2D eigenvalue weighted by molar-refractivity contribution is -0.146. The van der Waals surface area contributed by atoms with Crippen LogP contribution in [-0.4, -0.2) is 40.4 Å². The lowest BCUT2D eigenvalue weighted by atomic mass is 9.97. The zero-order valence-electron chi connectivity index (χ0n) is 8.78. The minimum absolute atomic E-state index is 0.0500. The van der Waals surface area contributed by atoms with E-state index in [-0.39, 0.29) is 10.6 Å². The summed E-state index contributed by atoms with van der Waals surface area (Å²) in [7, 11) is 1.14. The molecule has 16 heavy (non-hydrogen) atoms. The van der Waals surface area contributed by atoms with Gasteiger partial charge in [-0.05, 0) is 6.92 Å². The van der Waals surface area contributed by atoms with Crippen LogP contribution in [-0.2, 0) is 9.53 Å². The zero-order chi connectivity index (χ0) is 12.5. The second-order valence-corrected chi connectivity index (χ2v) is 4.36. The summed E-state index contributed by atoms with van der Waals surface area (Å²) in [5.74, 6) is -0.857. The molecular weight excluding hydrogens is 255 g/mol. The Morgan fingerprint density at radius 1 is 1.56 bits per heavy atom. The third-order valence-corrected chi connectivity index (χ3v) is 3.44. The molecule has 0 saturated carbocycles. The van der Waals surface area contributed by atoms with Gasteiger partial charge in [0.2, 0.25) is 0 Å². The number of carbonyl (C=O) groups excluding carboxylic acids is 1. The van der Waals surface area contributed by atoms with Gasteiger partial charge in [0.15, 0.2) is 4.87 Å². The summed E-state index contributed by atoms with van der Waals surface area (Å²) in [6.45, 7) is 1.70. The van der Waals surface area contributed by atoms with Crippen molar-refractivity contribution in [2.75, 3.05) is 7.11 Å². The zero-order valence-corrected chi connectivity index (χ0v) is 10.3. The quantitative estimate of drug-likeness (QED) is 0.577. The second kappa shape index (κ2) is 4.75. The predicted molar refractivity (Wildman–Crippen MR) is 60.3 cm³/mol. The van der Waals surface area contributed by atoms with Crippen molar-refractivity contribution in [3.63, 3.8) is 0 Å².